The first kappa shape index (κ1) is 10.6. The maximum atomic E-state index is 5.98. The molecule has 90 valence electrons. The van der Waals surface area contributed by atoms with E-state index in [0.29, 0.717) is 5.82 Å². The van der Waals surface area contributed by atoms with Crippen molar-refractivity contribution < 1.29 is 0 Å². The largest absolute Gasteiger partial charge is 0.383 e. The smallest absolute Gasteiger partial charge is 0.146 e. The quantitative estimate of drug-likeness (QED) is 0.819. The summed E-state index contributed by atoms with van der Waals surface area (Å²) >= 11 is 0. The second-order valence-electron chi connectivity index (χ2n) is 5.35. The molecule has 1 aliphatic carbocycles. The van der Waals surface area contributed by atoms with E-state index < -0.39 is 0 Å². The molecule has 0 bridgehead atoms. The summed E-state index contributed by atoms with van der Waals surface area (Å²) in [6.07, 6.45) is 5.31. The van der Waals surface area contributed by atoms with Gasteiger partial charge >= 0.3 is 0 Å². The highest BCUT2D eigenvalue weighted by atomic mass is 15.1. The zero-order valence-electron chi connectivity index (χ0n) is 10.6. The molecule has 0 amide bonds. The van der Waals surface area contributed by atoms with Crippen molar-refractivity contribution in [3.8, 4) is 0 Å². The number of aryl methyl sites for hydroxylation is 1. The number of rotatable bonds is 1. The van der Waals surface area contributed by atoms with Gasteiger partial charge in [-0.15, -0.1) is 0 Å². The fourth-order valence-electron chi connectivity index (χ4n) is 3.00. The Morgan fingerprint density at radius 1 is 1.29 bits per heavy atom. The lowest BCUT2D eigenvalue weighted by molar-refractivity contribution is 0.171. The Bertz CT molecular complexity index is 593. The second-order valence-corrected chi connectivity index (χ2v) is 5.35. The molecule has 2 aromatic rings. The third kappa shape index (κ3) is 1.24. The SMILES string of the molecule is Cc1c(C)n(C2(C)CCC2)c2ncnc(N)c12. The van der Waals surface area contributed by atoms with Gasteiger partial charge in [-0.3, -0.25) is 0 Å². The molecule has 0 radical (unpaired) electrons. The van der Waals surface area contributed by atoms with Gasteiger partial charge in [-0.2, -0.15) is 0 Å². The summed E-state index contributed by atoms with van der Waals surface area (Å²) in [4.78, 5) is 8.55. The van der Waals surface area contributed by atoms with Crippen molar-refractivity contribution in [2.75, 3.05) is 5.73 Å². The summed E-state index contributed by atoms with van der Waals surface area (Å²) in [7, 11) is 0. The molecular weight excluding hydrogens is 212 g/mol. The van der Waals surface area contributed by atoms with Crippen molar-refractivity contribution in [2.45, 2.75) is 45.6 Å². The van der Waals surface area contributed by atoms with Crippen LogP contribution in [0, 0.1) is 13.8 Å². The maximum Gasteiger partial charge on any atom is 0.146 e. The number of anilines is 1. The zero-order valence-corrected chi connectivity index (χ0v) is 10.6. The molecule has 1 aliphatic rings. The molecule has 2 N–H and O–H groups in total. The summed E-state index contributed by atoms with van der Waals surface area (Å²) in [6.45, 7) is 6.57. The van der Waals surface area contributed by atoms with E-state index in [1.54, 1.807) is 6.33 Å². The van der Waals surface area contributed by atoms with Crippen molar-refractivity contribution in [1.29, 1.82) is 0 Å². The fourth-order valence-corrected chi connectivity index (χ4v) is 3.00. The van der Waals surface area contributed by atoms with Crippen LogP contribution in [0.1, 0.15) is 37.4 Å². The number of hydrogen-bond acceptors (Lipinski definition) is 3. The van der Waals surface area contributed by atoms with Gasteiger partial charge in [0.1, 0.15) is 17.8 Å². The Morgan fingerprint density at radius 3 is 2.59 bits per heavy atom. The Hall–Kier alpha value is -1.58. The van der Waals surface area contributed by atoms with Gasteiger partial charge in [0.25, 0.3) is 0 Å². The first-order valence-corrected chi connectivity index (χ1v) is 6.13. The average molecular weight is 230 g/mol. The van der Waals surface area contributed by atoms with E-state index in [9.17, 15) is 0 Å². The van der Waals surface area contributed by atoms with Gasteiger partial charge in [0.15, 0.2) is 0 Å². The molecule has 0 aliphatic heterocycles. The minimum atomic E-state index is 0.220. The number of nitrogen functional groups attached to an aromatic ring is 1. The van der Waals surface area contributed by atoms with Crippen LogP contribution in [0.25, 0.3) is 11.0 Å². The zero-order chi connectivity index (χ0) is 12.2. The molecular formula is C13H18N4. The van der Waals surface area contributed by atoms with Crippen LogP contribution in [0.4, 0.5) is 5.82 Å². The molecule has 1 fully saturated rings. The van der Waals surface area contributed by atoms with Crippen LogP contribution in [0.15, 0.2) is 6.33 Å². The Kier molecular flexibility index (Phi) is 2.00. The predicted molar refractivity (Wildman–Crippen MR) is 68.9 cm³/mol. The van der Waals surface area contributed by atoms with Gasteiger partial charge in [-0.25, -0.2) is 9.97 Å². The first-order chi connectivity index (χ1) is 8.04. The normalized spacial score (nSPS) is 18.3. The van der Waals surface area contributed by atoms with Crippen LogP contribution >= 0.6 is 0 Å². The van der Waals surface area contributed by atoms with Crippen LogP contribution in [-0.2, 0) is 5.54 Å². The Balaban J connectivity index is 2.39. The molecule has 0 spiro atoms. The molecule has 4 heteroatoms. The molecule has 0 saturated heterocycles. The summed E-state index contributed by atoms with van der Waals surface area (Å²) in [5, 5.41) is 1.03. The number of nitrogens with zero attached hydrogens (tertiary/aromatic N) is 3. The minimum Gasteiger partial charge on any atom is -0.383 e. The monoisotopic (exact) mass is 230 g/mol. The van der Waals surface area contributed by atoms with Gasteiger partial charge in [-0.1, -0.05) is 0 Å². The second kappa shape index (κ2) is 3.22. The standard InChI is InChI=1S/C13H18N4/c1-8-9(2)17(13(3)5-4-6-13)12-10(8)11(14)15-7-16-12/h7H,4-6H2,1-3H3,(H2,14,15,16). The van der Waals surface area contributed by atoms with Crippen molar-refractivity contribution in [2.24, 2.45) is 0 Å². The topological polar surface area (TPSA) is 56.7 Å². The van der Waals surface area contributed by atoms with Gasteiger partial charge < -0.3 is 10.3 Å². The van der Waals surface area contributed by atoms with Gasteiger partial charge in [-0.05, 0) is 45.6 Å². The fraction of sp³-hybridized carbons (Fsp3) is 0.538. The van der Waals surface area contributed by atoms with Crippen molar-refractivity contribution in [1.82, 2.24) is 14.5 Å². The molecule has 0 aromatic carbocycles. The van der Waals surface area contributed by atoms with E-state index in [2.05, 4.69) is 35.3 Å². The predicted octanol–water partition coefficient (Wildman–Crippen LogP) is 2.53. The van der Waals surface area contributed by atoms with Gasteiger partial charge in [0.2, 0.25) is 0 Å². The minimum absolute atomic E-state index is 0.220. The summed E-state index contributed by atoms with van der Waals surface area (Å²) in [5.41, 5.74) is 9.68. The number of nitrogens with two attached hydrogens (primary N) is 1. The van der Waals surface area contributed by atoms with Crippen LogP contribution in [-0.4, -0.2) is 14.5 Å². The molecule has 17 heavy (non-hydrogen) atoms. The molecule has 4 nitrogen and oxygen atoms in total. The number of hydrogen-bond donors (Lipinski definition) is 1. The van der Waals surface area contributed by atoms with Crippen LogP contribution < -0.4 is 5.73 Å². The molecule has 3 rings (SSSR count). The third-order valence-electron chi connectivity index (χ3n) is 4.29. The Labute approximate surface area is 101 Å². The average Bonchev–Trinajstić information content (AvgIpc) is 2.50. The van der Waals surface area contributed by atoms with E-state index in [1.807, 2.05) is 0 Å². The van der Waals surface area contributed by atoms with E-state index in [-0.39, 0.29) is 5.54 Å². The lowest BCUT2D eigenvalue weighted by atomic mass is 9.78. The van der Waals surface area contributed by atoms with E-state index in [1.165, 1.54) is 30.5 Å². The van der Waals surface area contributed by atoms with E-state index >= 15 is 0 Å². The first-order valence-electron chi connectivity index (χ1n) is 6.13. The molecule has 2 aromatic heterocycles. The number of fused-ring (bicyclic) bond motifs is 1. The molecule has 1 saturated carbocycles. The molecule has 0 unspecified atom stereocenters. The molecule has 2 heterocycles. The van der Waals surface area contributed by atoms with Crippen molar-refractivity contribution >= 4 is 16.9 Å². The lowest BCUT2D eigenvalue weighted by Crippen LogP contribution is -2.38. The lowest BCUT2D eigenvalue weighted by Gasteiger charge is -2.41. The van der Waals surface area contributed by atoms with E-state index in [0.717, 1.165) is 11.0 Å². The highest BCUT2D eigenvalue weighted by molar-refractivity contribution is 5.91. The summed E-state index contributed by atoms with van der Waals surface area (Å²) < 4.78 is 2.36. The van der Waals surface area contributed by atoms with E-state index in [4.69, 9.17) is 5.73 Å². The highest BCUT2D eigenvalue weighted by Gasteiger charge is 2.36. The third-order valence-corrected chi connectivity index (χ3v) is 4.29. The van der Waals surface area contributed by atoms with Crippen LogP contribution in [0.2, 0.25) is 0 Å². The maximum absolute atomic E-state index is 5.98. The van der Waals surface area contributed by atoms with Crippen LogP contribution in [0.5, 0.6) is 0 Å². The summed E-state index contributed by atoms with van der Waals surface area (Å²) in [6, 6.07) is 0. The van der Waals surface area contributed by atoms with Crippen LogP contribution in [0.3, 0.4) is 0 Å². The molecule has 0 atom stereocenters. The summed E-state index contributed by atoms with van der Waals surface area (Å²) in [5.74, 6) is 0.595. The van der Waals surface area contributed by atoms with Crippen molar-refractivity contribution in [3.63, 3.8) is 0 Å². The Morgan fingerprint density at radius 2 is 2.00 bits per heavy atom. The van der Waals surface area contributed by atoms with Crippen molar-refractivity contribution in [3.05, 3.63) is 17.6 Å². The van der Waals surface area contributed by atoms with Gasteiger partial charge in [0.05, 0.1) is 5.39 Å². The number of aromatic nitrogens is 3. The van der Waals surface area contributed by atoms with Gasteiger partial charge in [0, 0.05) is 11.2 Å². The highest BCUT2D eigenvalue weighted by Crippen LogP contribution is 2.43.